The monoisotopic (exact) mass is 535 g/mol. The lowest BCUT2D eigenvalue weighted by molar-refractivity contribution is -0.132. The van der Waals surface area contributed by atoms with Gasteiger partial charge in [0.2, 0.25) is 5.91 Å². The van der Waals surface area contributed by atoms with Crippen LogP contribution in [-0.2, 0) is 31.2 Å². The lowest BCUT2D eigenvalue weighted by Crippen LogP contribution is -2.41. The molecular formula is C29H38FN7O2. The van der Waals surface area contributed by atoms with Crippen molar-refractivity contribution in [3.8, 4) is 5.69 Å². The number of benzene rings is 1. The van der Waals surface area contributed by atoms with Gasteiger partial charge in [-0.3, -0.25) is 19.2 Å². The minimum atomic E-state index is -0.292. The van der Waals surface area contributed by atoms with Crippen molar-refractivity contribution in [1.29, 1.82) is 0 Å². The molecule has 2 bridgehead atoms. The van der Waals surface area contributed by atoms with Crippen LogP contribution in [0.15, 0.2) is 24.3 Å². The summed E-state index contributed by atoms with van der Waals surface area (Å²) < 4.78 is 18.1. The summed E-state index contributed by atoms with van der Waals surface area (Å²) >= 11 is 0. The van der Waals surface area contributed by atoms with Crippen LogP contribution >= 0.6 is 0 Å². The van der Waals surface area contributed by atoms with Gasteiger partial charge in [-0.05, 0) is 82.3 Å². The molecule has 208 valence electrons. The van der Waals surface area contributed by atoms with Crippen molar-refractivity contribution in [1.82, 2.24) is 34.7 Å². The maximum Gasteiger partial charge on any atom is 0.272 e. The maximum atomic E-state index is 14.4. The van der Waals surface area contributed by atoms with E-state index in [1.807, 2.05) is 48.3 Å². The predicted octanol–water partition coefficient (Wildman–Crippen LogP) is 3.09. The highest BCUT2D eigenvalue weighted by Crippen LogP contribution is 2.27. The van der Waals surface area contributed by atoms with Crippen LogP contribution in [0.25, 0.3) is 5.69 Å². The number of carbonyl (C=O) groups is 2. The summed E-state index contributed by atoms with van der Waals surface area (Å²) in [7, 11) is 3.76. The Morgan fingerprint density at radius 3 is 2.62 bits per heavy atom. The third-order valence-corrected chi connectivity index (χ3v) is 8.06. The molecule has 3 aromatic rings. The molecule has 1 N–H and O–H groups in total. The largest absolute Gasteiger partial charge is 0.351 e. The number of amides is 2. The van der Waals surface area contributed by atoms with Gasteiger partial charge < -0.3 is 10.2 Å². The van der Waals surface area contributed by atoms with Crippen LogP contribution in [0.3, 0.4) is 0 Å². The van der Waals surface area contributed by atoms with E-state index in [9.17, 15) is 14.0 Å². The summed E-state index contributed by atoms with van der Waals surface area (Å²) in [4.78, 5) is 30.4. The molecular weight excluding hydrogens is 497 g/mol. The molecule has 3 heterocycles. The fourth-order valence-electron chi connectivity index (χ4n) is 5.98. The molecule has 39 heavy (non-hydrogen) atoms. The summed E-state index contributed by atoms with van der Waals surface area (Å²) in [5, 5.41) is 12.2. The third kappa shape index (κ3) is 5.75. The fourth-order valence-corrected chi connectivity index (χ4v) is 5.98. The number of halogens is 1. The van der Waals surface area contributed by atoms with E-state index >= 15 is 0 Å². The first-order chi connectivity index (χ1) is 18.7. The molecule has 5 rings (SSSR count). The van der Waals surface area contributed by atoms with Gasteiger partial charge >= 0.3 is 0 Å². The number of aromatic nitrogens is 4. The number of hydrogen-bond acceptors (Lipinski definition) is 5. The third-order valence-electron chi connectivity index (χ3n) is 8.06. The summed E-state index contributed by atoms with van der Waals surface area (Å²) in [6.07, 6.45) is 4.18. The molecule has 0 fully saturated rings. The van der Waals surface area contributed by atoms with Crippen LogP contribution in [-0.4, -0.2) is 73.9 Å². The van der Waals surface area contributed by atoms with E-state index in [0.717, 1.165) is 53.2 Å². The summed E-state index contributed by atoms with van der Waals surface area (Å²) in [5.41, 5.74) is 6.09. The van der Waals surface area contributed by atoms with E-state index in [-0.39, 0.29) is 23.7 Å². The summed E-state index contributed by atoms with van der Waals surface area (Å²) in [6, 6.07) is 6.87. The Bertz CT molecular complexity index is 1380. The van der Waals surface area contributed by atoms with E-state index in [0.29, 0.717) is 51.1 Å². The Balaban J connectivity index is 1.37. The van der Waals surface area contributed by atoms with Crippen LogP contribution < -0.4 is 5.32 Å². The van der Waals surface area contributed by atoms with Gasteiger partial charge in [0.15, 0.2) is 5.69 Å². The van der Waals surface area contributed by atoms with Gasteiger partial charge in [0.25, 0.3) is 5.91 Å². The van der Waals surface area contributed by atoms with E-state index in [1.165, 1.54) is 6.07 Å². The first-order valence-corrected chi connectivity index (χ1v) is 13.8. The second-order valence-electron chi connectivity index (χ2n) is 10.9. The molecule has 1 aliphatic carbocycles. The zero-order valence-corrected chi connectivity index (χ0v) is 23.3. The summed E-state index contributed by atoms with van der Waals surface area (Å²) in [5.74, 6) is -0.345. The molecule has 0 saturated heterocycles. The molecule has 2 amide bonds. The van der Waals surface area contributed by atoms with Crippen molar-refractivity contribution >= 4 is 11.8 Å². The van der Waals surface area contributed by atoms with Crippen molar-refractivity contribution in [2.45, 2.75) is 65.0 Å². The number of fused-ring (bicyclic) bond motifs is 1. The van der Waals surface area contributed by atoms with Crippen LogP contribution in [0.5, 0.6) is 0 Å². The van der Waals surface area contributed by atoms with Gasteiger partial charge in [-0.15, -0.1) is 0 Å². The molecule has 1 aliphatic heterocycles. The molecule has 10 heteroatoms. The van der Waals surface area contributed by atoms with Crippen molar-refractivity contribution in [3.63, 3.8) is 0 Å². The molecule has 2 aromatic heterocycles. The minimum Gasteiger partial charge on any atom is -0.351 e. The Labute approximate surface area is 229 Å². The Morgan fingerprint density at radius 1 is 1.05 bits per heavy atom. The first-order valence-electron chi connectivity index (χ1n) is 13.8. The van der Waals surface area contributed by atoms with Crippen LogP contribution in [0, 0.1) is 19.7 Å². The second kappa shape index (κ2) is 11.3. The lowest BCUT2D eigenvalue weighted by atomic mass is 9.90. The van der Waals surface area contributed by atoms with E-state index in [2.05, 4.69) is 20.4 Å². The fraction of sp³-hybridized carbons (Fsp3) is 0.517. The Kier molecular flexibility index (Phi) is 7.83. The van der Waals surface area contributed by atoms with Crippen molar-refractivity contribution in [2.75, 3.05) is 26.7 Å². The van der Waals surface area contributed by atoms with Crippen molar-refractivity contribution < 1.29 is 14.0 Å². The smallest absolute Gasteiger partial charge is 0.272 e. The van der Waals surface area contributed by atoms with Crippen molar-refractivity contribution in [2.24, 2.45) is 7.05 Å². The molecule has 1 aromatic carbocycles. The number of likely N-dealkylation sites (N-methyl/N-ethyl adjacent to an activating group) is 1. The summed E-state index contributed by atoms with van der Waals surface area (Å²) in [6.45, 7) is 6.34. The molecule has 1 unspecified atom stereocenters. The van der Waals surface area contributed by atoms with Gasteiger partial charge in [0.1, 0.15) is 5.82 Å². The SMILES string of the molecule is Cc1cc(C)n(-c2ccc(F)cc2CN2CCCNC(=O)c3nn(C)c4c3CC(CC4)N(C)C(=O)CCC2)n1. The minimum absolute atomic E-state index is 0.0533. The quantitative estimate of drug-likeness (QED) is 0.557. The van der Waals surface area contributed by atoms with Crippen LogP contribution in [0.1, 0.15) is 64.4 Å². The highest BCUT2D eigenvalue weighted by Gasteiger charge is 2.31. The average molecular weight is 536 g/mol. The Morgan fingerprint density at radius 2 is 1.85 bits per heavy atom. The zero-order chi connectivity index (χ0) is 27.7. The molecule has 1 atom stereocenters. The topological polar surface area (TPSA) is 88.3 Å². The highest BCUT2D eigenvalue weighted by molar-refractivity contribution is 5.94. The number of rotatable bonds is 3. The van der Waals surface area contributed by atoms with Gasteiger partial charge in [-0.25, -0.2) is 9.07 Å². The predicted molar refractivity (Wildman–Crippen MR) is 146 cm³/mol. The maximum absolute atomic E-state index is 14.4. The molecule has 0 radical (unpaired) electrons. The van der Waals surface area contributed by atoms with E-state index < -0.39 is 0 Å². The highest BCUT2D eigenvalue weighted by atomic mass is 19.1. The Hall–Kier alpha value is -3.53. The number of carbonyl (C=O) groups excluding carboxylic acids is 2. The van der Waals surface area contributed by atoms with E-state index in [1.54, 1.807) is 12.1 Å². The number of hydrogen-bond donors (Lipinski definition) is 1. The number of nitrogens with zero attached hydrogens (tertiary/aromatic N) is 6. The zero-order valence-electron chi connectivity index (χ0n) is 23.3. The molecule has 9 nitrogen and oxygen atoms in total. The van der Waals surface area contributed by atoms with Gasteiger partial charge in [-0.1, -0.05) is 0 Å². The van der Waals surface area contributed by atoms with Crippen LogP contribution in [0.4, 0.5) is 4.39 Å². The molecule has 0 spiro atoms. The lowest BCUT2D eigenvalue weighted by Gasteiger charge is -2.32. The van der Waals surface area contributed by atoms with E-state index in [4.69, 9.17) is 0 Å². The molecule has 2 aliphatic rings. The number of aryl methyl sites for hydroxylation is 3. The number of nitrogens with one attached hydrogen (secondary N) is 1. The standard InChI is InChI=1S/C29H38FN7O2/c1-19-15-20(2)37(32-19)25-10-8-22(30)16-21(25)18-36-13-5-7-27(38)34(3)23-9-11-26-24(17-23)28(33-35(26)4)29(39)31-12-6-14-36/h8,10,15-16,23H,5-7,9,11-14,17-18H2,1-4H3,(H,31,39). The first kappa shape index (κ1) is 27.1. The second-order valence-corrected chi connectivity index (χ2v) is 10.9. The van der Waals surface area contributed by atoms with Gasteiger partial charge in [0, 0.05) is 63.1 Å². The van der Waals surface area contributed by atoms with Gasteiger partial charge in [0.05, 0.1) is 11.4 Å². The molecule has 0 saturated carbocycles. The van der Waals surface area contributed by atoms with Crippen molar-refractivity contribution in [3.05, 3.63) is 64.0 Å². The van der Waals surface area contributed by atoms with Gasteiger partial charge in [-0.2, -0.15) is 10.2 Å². The normalized spacial score (nSPS) is 19.5. The van der Waals surface area contributed by atoms with Crippen LogP contribution in [0.2, 0.25) is 0 Å². The average Bonchev–Trinajstić information content (AvgIpc) is 3.42.